The molecule has 1 aromatic heterocycles. The van der Waals surface area contributed by atoms with E-state index in [1.807, 2.05) is 0 Å². The first-order valence-electron chi connectivity index (χ1n) is 5.96. The van der Waals surface area contributed by atoms with E-state index in [4.69, 9.17) is 0 Å². The molecule has 1 heterocycles. The molecule has 0 spiro atoms. The van der Waals surface area contributed by atoms with Crippen LogP contribution < -0.4 is 5.32 Å². The van der Waals surface area contributed by atoms with E-state index in [-0.39, 0.29) is 6.54 Å². The Balaban J connectivity index is 1.94. The molecule has 1 aromatic carbocycles. The van der Waals surface area contributed by atoms with Crippen molar-refractivity contribution in [2.75, 3.05) is 6.54 Å². The van der Waals surface area contributed by atoms with Crippen LogP contribution in [-0.2, 0) is 6.42 Å². The highest BCUT2D eigenvalue weighted by Gasteiger charge is 2.22. The third-order valence-corrected chi connectivity index (χ3v) is 2.69. The van der Waals surface area contributed by atoms with Gasteiger partial charge in [0.25, 0.3) is 5.91 Å². The van der Waals surface area contributed by atoms with Crippen LogP contribution in [0.4, 0.5) is 17.6 Å². The number of nitrogens with zero attached hydrogens (tertiary/aromatic N) is 2. The lowest BCUT2D eigenvalue weighted by Gasteiger charge is -2.07. The largest absolute Gasteiger partial charge is 0.352 e. The molecule has 0 bridgehead atoms. The van der Waals surface area contributed by atoms with Crippen molar-refractivity contribution >= 4 is 5.91 Å². The van der Waals surface area contributed by atoms with Gasteiger partial charge in [-0.25, -0.2) is 22.5 Å². The SMILES string of the molecule is O=C(NCCCc1ncn[nH]1)c1cc(F)c(F)c(F)c1F. The number of nitrogens with one attached hydrogen (secondary N) is 2. The maximum atomic E-state index is 13.4. The Bertz CT molecular complexity index is 645. The molecule has 2 rings (SSSR count). The third kappa shape index (κ3) is 3.36. The summed E-state index contributed by atoms with van der Waals surface area (Å²) in [4.78, 5) is 15.5. The normalized spacial score (nSPS) is 10.7. The molecule has 1 amide bonds. The van der Waals surface area contributed by atoms with Gasteiger partial charge < -0.3 is 5.32 Å². The fourth-order valence-corrected chi connectivity index (χ4v) is 1.64. The van der Waals surface area contributed by atoms with Crippen molar-refractivity contribution in [3.63, 3.8) is 0 Å². The Kier molecular flexibility index (Phi) is 4.51. The molecule has 0 unspecified atom stereocenters. The highest BCUT2D eigenvalue weighted by molar-refractivity contribution is 5.94. The summed E-state index contributed by atoms with van der Waals surface area (Å²) in [5, 5.41) is 8.52. The van der Waals surface area contributed by atoms with Crippen molar-refractivity contribution in [3.05, 3.63) is 47.1 Å². The summed E-state index contributed by atoms with van der Waals surface area (Å²) in [6.07, 6.45) is 2.26. The average Bonchev–Trinajstić information content (AvgIpc) is 2.98. The van der Waals surface area contributed by atoms with Crippen LogP contribution in [0.3, 0.4) is 0 Å². The number of hydrogen-bond donors (Lipinski definition) is 2. The number of carbonyl (C=O) groups is 1. The summed E-state index contributed by atoms with van der Waals surface area (Å²) < 4.78 is 52.1. The zero-order chi connectivity index (χ0) is 15.4. The standard InChI is InChI=1S/C12H10F4N4O/c13-7-4-6(9(14)11(16)10(7)15)12(21)17-3-1-2-8-18-5-19-20-8/h4-5H,1-3H2,(H,17,21)(H,18,19,20). The van der Waals surface area contributed by atoms with Crippen LogP contribution in [0, 0.1) is 23.3 Å². The molecule has 0 saturated heterocycles. The Hall–Kier alpha value is -2.45. The van der Waals surface area contributed by atoms with Crippen molar-refractivity contribution < 1.29 is 22.4 Å². The van der Waals surface area contributed by atoms with Gasteiger partial charge in [-0.1, -0.05) is 0 Å². The van der Waals surface area contributed by atoms with Crippen molar-refractivity contribution in [2.24, 2.45) is 0 Å². The summed E-state index contributed by atoms with van der Waals surface area (Å²) in [6, 6.07) is 0.319. The zero-order valence-electron chi connectivity index (χ0n) is 10.6. The molecule has 2 N–H and O–H groups in total. The van der Waals surface area contributed by atoms with E-state index in [1.54, 1.807) is 0 Å². The van der Waals surface area contributed by atoms with Crippen molar-refractivity contribution in [3.8, 4) is 0 Å². The number of carbonyl (C=O) groups excluding carboxylic acids is 1. The quantitative estimate of drug-likeness (QED) is 0.382. The summed E-state index contributed by atoms with van der Waals surface area (Å²) in [5.41, 5.74) is -0.883. The number of hydrogen-bond acceptors (Lipinski definition) is 3. The van der Waals surface area contributed by atoms with E-state index < -0.39 is 34.7 Å². The molecule has 0 atom stereocenters. The number of benzene rings is 1. The molecule has 112 valence electrons. The van der Waals surface area contributed by atoms with E-state index in [0.29, 0.717) is 24.7 Å². The van der Waals surface area contributed by atoms with Crippen molar-refractivity contribution in [1.82, 2.24) is 20.5 Å². The summed E-state index contributed by atoms with van der Waals surface area (Å²) in [6.45, 7) is 0.125. The summed E-state index contributed by atoms with van der Waals surface area (Å²) in [7, 11) is 0. The van der Waals surface area contributed by atoms with Crippen LogP contribution in [0.15, 0.2) is 12.4 Å². The fraction of sp³-hybridized carbons (Fsp3) is 0.250. The zero-order valence-corrected chi connectivity index (χ0v) is 10.6. The Morgan fingerprint density at radius 2 is 1.95 bits per heavy atom. The number of halogens is 4. The number of H-pyrrole nitrogens is 1. The second-order valence-corrected chi connectivity index (χ2v) is 4.14. The van der Waals surface area contributed by atoms with Gasteiger partial charge in [0.1, 0.15) is 12.2 Å². The van der Waals surface area contributed by atoms with Crippen LogP contribution in [0.25, 0.3) is 0 Å². The maximum absolute atomic E-state index is 13.4. The minimum absolute atomic E-state index is 0.125. The average molecular weight is 302 g/mol. The van der Waals surface area contributed by atoms with Gasteiger partial charge in [-0.05, 0) is 12.5 Å². The Morgan fingerprint density at radius 1 is 1.19 bits per heavy atom. The highest BCUT2D eigenvalue weighted by atomic mass is 19.2. The Labute approximate surface area is 116 Å². The number of aryl methyl sites for hydroxylation is 1. The molecule has 0 aliphatic heterocycles. The van der Waals surface area contributed by atoms with E-state index in [0.717, 1.165) is 0 Å². The molecule has 0 radical (unpaired) electrons. The minimum Gasteiger partial charge on any atom is -0.352 e. The second-order valence-electron chi connectivity index (χ2n) is 4.14. The third-order valence-electron chi connectivity index (χ3n) is 2.69. The van der Waals surface area contributed by atoms with Crippen LogP contribution >= 0.6 is 0 Å². The fourth-order valence-electron chi connectivity index (χ4n) is 1.64. The van der Waals surface area contributed by atoms with E-state index in [1.165, 1.54) is 6.33 Å². The number of amides is 1. The molecular weight excluding hydrogens is 292 g/mol. The van der Waals surface area contributed by atoms with Gasteiger partial charge in [0, 0.05) is 13.0 Å². The minimum atomic E-state index is -2.01. The molecule has 0 aliphatic rings. The molecule has 0 aliphatic carbocycles. The van der Waals surface area contributed by atoms with Gasteiger partial charge >= 0.3 is 0 Å². The molecule has 5 nitrogen and oxygen atoms in total. The molecular formula is C12H10F4N4O. The van der Waals surface area contributed by atoms with Crippen molar-refractivity contribution in [1.29, 1.82) is 0 Å². The lowest BCUT2D eigenvalue weighted by atomic mass is 10.1. The first kappa shape index (κ1) is 14.9. The summed E-state index contributed by atoms with van der Waals surface area (Å²) >= 11 is 0. The highest BCUT2D eigenvalue weighted by Crippen LogP contribution is 2.18. The lowest BCUT2D eigenvalue weighted by Crippen LogP contribution is -2.26. The van der Waals surface area contributed by atoms with Gasteiger partial charge in [0.05, 0.1) is 5.56 Å². The first-order chi connectivity index (χ1) is 10.0. The van der Waals surface area contributed by atoms with Gasteiger partial charge in [-0.2, -0.15) is 5.10 Å². The van der Waals surface area contributed by atoms with Crippen molar-refractivity contribution in [2.45, 2.75) is 12.8 Å². The number of rotatable bonds is 5. The molecule has 21 heavy (non-hydrogen) atoms. The number of aromatic nitrogens is 3. The second kappa shape index (κ2) is 6.33. The molecule has 2 aromatic rings. The van der Waals surface area contributed by atoms with Gasteiger partial charge in [-0.15, -0.1) is 0 Å². The van der Waals surface area contributed by atoms with E-state index in [2.05, 4.69) is 20.5 Å². The van der Waals surface area contributed by atoms with Crippen LogP contribution in [0.5, 0.6) is 0 Å². The van der Waals surface area contributed by atoms with Gasteiger partial charge in [0.2, 0.25) is 0 Å². The van der Waals surface area contributed by atoms with Crippen LogP contribution in [0.2, 0.25) is 0 Å². The predicted octanol–water partition coefficient (Wildman–Crippen LogP) is 1.72. The van der Waals surface area contributed by atoms with E-state index in [9.17, 15) is 22.4 Å². The van der Waals surface area contributed by atoms with E-state index >= 15 is 0 Å². The van der Waals surface area contributed by atoms with Crippen LogP contribution in [0.1, 0.15) is 22.6 Å². The van der Waals surface area contributed by atoms with Crippen LogP contribution in [-0.4, -0.2) is 27.6 Å². The molecule has 0 saturated carbocycles. The molecule has 0 fully saturated rings. The Morgan fingerprint density at radius 3 is 2.62 bits per heavy atom. The smallest absolute Gasteiger partial charge is 0.254 e. The number of aromatic amines is 1. The lowest BCUT2D eigenvalue weighted by molar-refractivity contribution is 0.0947. The topological polar surface area (TPSA) is 70.7 Å². The van der Waals surface area contributed by atoms with Gasteiger partial charge in [-0.3, -0.25) is 9.89 Å². The maximum Gasteiger partial charge on any atom is 0.254 e. The van der Waals surface area contributed by atoms with Gasteiger partial charge in [0.15, 0.2) is 23.3 Å². The monoisotopic (exact) mass is 302 g/mol. The molecule has 9 heteroatoms. The first-order valence-corrected chi connectivity index (χ1v) is 5.96. The predicted molar refractivity (Wildman–Crippen MR) is 63.3 cm³/mol. The summed E-state index contributed by atoms with van der Waals surface area (Å²) in [5.74, 6) is -7.73.